The topological polar surface area (TPSA) is 111 Å². The molecule has 0 aromatic heterocycles. The maximum atomic E-state index is 15.0. The molecular formula is C28H34Cl2FN3O4. The molecule has 1 spiro atoms. The second-order valence-electron chi connectivity index (χ2n) is 11.0. The van der Waals surface area contributed by atoms with Gasteiger partial charge in [-0.25, -0.2) is 4.39 Å². The summed E-state index contributed by atoms with van der Waals surface area (Å²) < 4.78 is 15.0. The summed E-state index contributed by atoms with van der Waals surface area (Å²) in [5.74, 6) is -2.09. The predicted octanol–water partition coefficient (Wildman–Crippen LogP) is 4.13. The minimum atomic E-state index is -1.33. The van der Waals surface area contributed by atoms with Crippen LogP contribution in [-0.4, -0.2) is 53.4 Å². The second-order valence-corrected chi connectivity index (χ2v) is 11.8. The normalized spacial score (nSPS) is 25.4. The van der Waals surface area contributed by atoms with E-state index in [1.807, 2.05) is 6.07 Å². The highest BCUT2D eigenvalue weighted by atomic mass is 35.5. The highest BCUT2D eigenvalue weighted by Gasteiger charge is 2.66. The van der Waals surface area contributed by atoms with Crippen LogP contribution in [0.25, 0.3) is 0 Å². The molecule has 7 nitrogen and oxygen atoms in total. The molecule has 2 aliphatic heterocycles. The fraction of sp³-hybridized carbons (Fsp3) is 0.500. The first kappa shape index (κ1) is 28.8. The van der Waals surface area contributed by atoms with Crippen LogP contribution in [0.15, 0.2) is 36.4 Å². The molecule has 10 heteroatoms. The van der Waals surface area contributed by atoms with Gasteiger partial charge in [0.15, 0.2) is 0 Å². The fourth-order valence-corrected chi connectivity index (χ4v) is 6.14. The molecule has 5 atom stereocenters. The second kappa shape index (κ2) is 11.1. The number of carbonyl (C=O) groups excluding carboxylic acids is 2. The Balaban J connectivity index is 1.89. The summed E-state index contributed by atoms with van der Waals surface area (Å²) in [7, 11) is 0. The lowest BCUT2D eigenvalue weighted by atomic mass is 9.62. The third kappa shape index (κ3) is 5.17. The summed E-state index contributed by atoms with van der Waals surface area (Å²) in [5.41, 5.74) is 0.000656. The first-order valence-electron chi connectivity index (χ1n) is 12.8. The van der Waals surface area contributed by atoms with Crippen LogP contribution in [0.4, 0.5) is 10.1 Å². The summed E-state index contributed by atoms with van der Waals surface area (Å²) in [6, 6.07) is 8.35. The lowest BCUT2D eigenvalue weighted by molar-refractivity contribution is -0.124. The third-order valence-electron chi connectivity index (χ3n) is 8.08. The molecule has 38 heavy (non-hydrogen) atoms. The van der Waals surface area contributed by atoms with Crippen LogP contribution in [0.5, 0.6) is 0 Å². The van der Waals surface area contributed by atoms with E-state index >= 15 is 0 Å². The van der Waals surface area contributed by atoms with E-state index in [4.69, 9.17) is 28.3 Å². The molecule has 2 aromatic carbocycles. The van der Waals surface area contributed by atoms with Crippen molar-refractivity contribution in [2.24, 2.45) is 5.41 Å². The smallest absolute Gasteiger partial charge is 0.237 e. The van der Waals surface area contributed by atoms with Gasteiger partial charge >= 0.3 is 0 Å². The lowest BCUT2D eigenvalue weighted by Crippen LogP contribution is -2.49. The number of aliphatic hydroxyl groups excluding tert-OH is 2. The molecule has 0 saturated carbocycles. The van der Waals surface area contributed by atoms with Crippen LogP contribution in [0.3, 0.4) is 0 Å². The largest absolute Gasteiger partial charge is 0.394 e. The van der Waals surface area contributed by atoms with Crippen molar-refractivity contribution in [3.63, 3.8) is 0 Å². The molecule has 0 aliphatic carbocycles. The highest BCUT2D eigenvalue weighted by Crippen LogP contribution is 2.57. The Morgan fingerprint density at radius 3 is 2.66 bits per heavy atom. The van der Waals surface area contributed by atoms with Crippen molar-refractivity contribution >= 4 is 40.7 Å². The number of anilines is 1. The summed E-state index contributed by atoms with van der Waals surface area (Å²) in [5, 5.41) is 28.4. The van der Waals surface area contributed by atoms with Crippen molar-refractivity contribution in [1.29, 1.82) is 0 Å². The van der Waals surface area contributed by atoms with Gasteiger partial charge in [0.1, 0.15) is 11.2 Å². The van der Waals surface area contributed by atoms with E-state index in [0.717, 1.165) is 6.42 Å². The highest BCUT2D eigenvalue weighted by molar-refractivity contribution is 6.31. The average Bonchev–Trinajstić information content (AvgIpc) is 3.34. The predicted molar refractivity (Wildman–Crippen MR) is 146 cm³/mol. The maximum Gasteiger partial charge on any atom is 0.237 e. The number of hydrogen-bond donors (Lipinski definition) is 5. The SMILES string of the molecule is CCC(C)(C)C[C@H]1N[C@@H](C(=O)NCC[C@H](O)CO)[C@H](c2cccc(Cl)c2)[C@@]12C(=O)Nc1cc(Cl)c(F)cc12. The molecule has 2 aromatic rings. The van der Waals surface area contributed by atoms with Gasteiger partial charge in [0, 0.05) is 29.2 Å². The first-order chi connectivity index (χ1) is 17.9. The molecule has 1 saturated heterocycles. The molecule has 2 heterocycles. The minimum Gasteiger partial charge on any atom is -0.394 e. The number of hydrogen-bond acceptors (Lipinski definition) is 5. The number of halogens is 3. The maximum absolute atomic E-state index is 15.0. The van der Waals surface area contributed by atoms with E-state index in [0.29, 0.717) is 28.3 Å². The van der Waals surface area contributed by atoms with E-state index in [-0.39, 0.29) is 35.2 Å². The Morgan fingerprint density at radius 1 is 1.26 bits per heavy atom. The summed E-state index contributed by atoms with van der Waals surface area (Å²) in [6.07, 6.45) is 0.564. The van der Waals surface area contributed by atoms with Gasteiger partial charge in [-0.1, -0.05) is 62.5 Å². The number of carbonyl (C=O) groups is 2. The number of benzene rings is 2. The van der Waals surface area contributed by atoms with Crippen molar-refractivity contribution < 1.29 is 24.2 Å². The van der Waals surface area contributed by atoms with Gasteiger partial charge in [-0.3, -0.25) is 9.59 Å². The fourth-order valence-electron chi connectivity index (χ4n) is 5.78. The van der Waals surface area contributed by atoms with Crippen molar-refractivity contribution in [3.8, 4) is 0 Å². The molecule has 2 amide bonds. The quantitative estimate of drug-likeness (QED) is 0.314. The Bertz CT molecular complexity index is 1230. The van der Waals surface area contributed by atoms with Crippen molar-refractivity contribution in [3.05, 3.63) is 63.4 Å². The van der Waals surface area contributed by atoms with E-state index in [9.17, 15) is 19.1 Å². The van der Waals surface area contributed by atoms with E-state index in [2.05, 4.69) is 36.7 Å². The van der Waals surface area contributed by atoms with Gasteiger partial charge in [-0.15, -0.1) is 0 Å². The van der Waals surface area contributed by atoms with E-state index < -0.39 is 41.9 Å². The third-order valence-corrected chi connectivity index (χ3v) is 8.60. The number of nitrogens with one attached hydrogen (secondary N) is 3. The van der Waals surface area contributed by atoms with Crippen molar-refractivity contribution in [2.75, 3.05) is 18.5 Å². The molecule has 2 aliphatic rings. The Hall–Kier alpha value is -2.23. The Morgan fingerprint density at radius 2 is 2.00 bits per heavy atom. The summed E-state index contributed by atoms with van der Waals surface area (Å²) in [4.78, 5) is 27.8. The number of fused-ring (bicyclic) bond motifs is 2. The molecule has 4 rings (SSSR count). The lowest BCUT2D eigenvalue weighted by Gasteiger charge is -2.38. The molecule has 0 bridgehead atoms. The van der Waals surface area contributed by atoms with Gasteiger partial charge in [-0.2, -0.15) is 0 Å². The zero-order valence-electron chi connectivity index (χ0n) is 21.7. The summed E-state index contributed by atoms with van der Waals surface area (Å²) in [6.45, 7) is 5.97. The van der Waals surface area contributed by atoms with Gasteiger partial charge in [0.2, 0.25) is 11.8 Å². The van der Waals surface area contributed by atoms with Crippen molar-refractivity contribution in [1.82, 2.24) is 10.6 Å². The molecule has 0 unspecified atom stereocenters. The van der Waals surface area contributed by atoms with E-state index in [1.54, 1.807) is 18.2 Å². The molecule has 1 fully saturated rings. The molecule has 206 valence electrons. The van der Waals surface area contributed by atoms with Gasteiger partial charge in [0.25, 0.3) is 0 Å². The molecular weight excluding hydrogens is 532 g/mol. The minimum absolute atomic E-state index is 0.103. The monoisotopic (exact) mass is 565 g/mol. The number of amides is 2. The van der Waals surface area contributed by atoms with Gasteiger partial charge in [0.05, 0.1) is 23.8 Å². The van der Waals surface area contributed by atoms with Crippen LogP contribution in [0.1, 0.15) is 57.1 Å². The molecule has 0 radical (unpaired) electrons. The molecule has 5 N–H and O–H groups in total. The number of rotatable bonds is 9. The van der Waals surface area contributed by atoms with Crippen LogP contribution in [0, 0.1) is 11.2 Å². The average molecular weight is 567 g/mol. The Kier molecular flexibility index (Phi) is 8.40. The van der Waals surface area contributed by atoms with Crippen LogP contribution < -0.4 is 16.0 Å². The Labute approximate surface area is 232 Å². The van der Waals surface area contributed by atoms with E-state index in [1.165, 1.54) is 12.1 Å². The standard InChI is InChI=1S/C28H34Cl2FN3O4/c1-4-27(2,3)13-22-28(18-11-20(31)19(30)12-21(18)33-26(28)38)23(15-6-5-7-16(29)10-15)24(34-22)25(37)32-9-8-17(36)14-35/h5-7,10-12,17,22-24,34-36H,4,8-9,13-14H2,1-3H3,(H,32,37)(H,33,38)/t17-,22+,23-,24+,28-/m0/s1. The van der Waals surface area contributed by atoms with Crippen LogP contribution in [-0.2, 0) is 15.0 Å². The van der Waals surface area contributed by atoms with Gasteiger partial charge in [-0.05, 0) is 53.6 Å². The number of aliphatic hydroxyl groups is 2. The zero-order chi connectivity index (χ0) is 27.8. The van der Waals surface area contributed by atoms with Crippen molar-refractivity contribution in [2.45, 2.75) is 69.6 Å². The van der Waals surface area contributed by atoms with Crippen LogP contribution >= 0.6 is 23.2 Å². The van der Waals surface area contributed by atoms with Crippen LogP contribution in [0.2, 0.25) is 10.0 Å². The summed E-state index contributed by atoms with van der Waals surface area (Å²) >= 11 is 12.5. The first-order valence-corrected chi connectivity index (χ1v) is 13.6. The zero-order valence-corrected chi connectivity index (χ0v) is 23.2. The van der Waals surface area contributed by atoms with Gasteiger partial charge < -0.3 is 26.2 Å².